The molecule has 1 atom stereocenters. The first-order chi connectivity index (χ1) is 9.38. The fourth-order valence-electron chi connectivity index (χ4n) is 2.18. The van der Waals surface area contributed by atoms with Crippen LogP contribution in [-0.4, -0.2) is 18.5 Å². The van der Waals surface area contributed by atoms with E-state index in [1.54, 1.807) is 0 Å². The van der Waals surface area contributed by atoms with Gasteiger partial charge >= 0.3 is 6.18 Å². The van der Waals surface area contributed by atoms with Gasteiger partial charge in [-0.25, -0.2) is 0 Å². The Bertz CT molecular complexity index is 499. The van der Waals surface area contributed by atoms with Gasteiger partial charge in [0.05, 0.1) is 11.6 Å². The Hall–Kier alpha value is -1.08. The summed E-state index contributed by atoms with van der Waals surface area (Å²) in [4.78, 5) is 11.8. The van der Waals surface area contributed by atoms with Crippen LogP contribution < -0.4 is 10.6 Å². The summed E-state index contributed by atoms with van der Waals surface area (Å²) in [7, 11) is 0. The summed E-state index contributed by atoms with van der Waals surface area (Å²) in [6.45, 7) is 0.642. The first kappa shape index (κ1) is 15.3. The second kappa shape index (κ2) is 6.13. The Morgan fingerprint density at radius 3 is 2.80 bits per heavy atom. The molecule has 1 aliphatic heterocycles. The third kappa shape index (κ3) is 3.73. The summed E-state index contributed by atoms with van der Waals surface area (Å²) in [6, 6.07) is 3.63. The molecule has 3 nitrogen and oxygen atoms in total. The molecule has 0 aliphatic carbocycles. The molecule has 1 amide bonds. The molecule has 1 unspecified atom stereocenters. The smallest absolute Gasteiger partial charge is 0.351 e. The number of halogens is 4. The summed E-state index contributed by atoms with van der Waals surface area (Å²) in [5.41, 5.74) is -0.668. The van der Waals surface area contributed by atoms with Gasteiger partial charge in [0.15, 0.2) is 0 Å². The van der Waals surface area contributed by atoms with Gasteiger partial charge in [-0.05, 0) is 37.1 Å². The Balaban J connectivity index is 2.07. The van der Waals surface area contributed by atoms with E-state index < -0.39 is 11.7 Å². The summed E-state index contributed by atoms with van der Waals surface area (Å²) >= 11 is 3.03. The van der Waals surface area contributed by atoms with Gasteiger partial charge in [-0.15, -0.1) is 0 Å². The SMILES string of the molecule is O=C(NCc1ccc(Br)cc1C(F)(F)F)C1CCCN1. The Morgan fingerprint density at radius 1 is 1.45 bits per heavy atom. The maximum atomic E-state index is 12.9. The molecule has 2 rings (SSSR count). The van der Waals surface area contributed by atoms with Crippen molar-refractivity contribution >= 4 is 21.8 Å². The number of carbonyl (C=O) groups is 1. The number of hydrogen-bond acceptors (Lipinski definition) is 2. The molecule has 0 aromatic heterocycles. The molecule has 0 saturated carbocycles. The zero-order valence-corrected chi connectivity index (χ0v) is 12.1. The molecule has 2 N–H and O–H groups in total. The molecular formula is C13H14BrF3N2O. The van der Waals surface area contributed by atoms with Crippen molar-refractivity contribution in [1.29, 1.82) is 0 Å². The van der Waals surface area contributed by atoms with Gasteiger partial charge in [-0.2, -0.15) is 13.2 Å². The van der Waals surface area contributed by atoms with E-state index in [9.17, 15) is 18.0 Å². The summed E-state index contributed by atoms with van der Waals surface area (Å²) < 4.78 is 39.1. The lowest BCUT2D eigenvalue weighted by molar-refractivity contribution is -0.138. The molecule has 1 fully saturated rings. The lowest BCUT2D eigenvalue weighted by Gasteiger charge is -2.15. The number of alkyl halides is 3. The van der Waals surface area contributed by atoms with Crippen molar-refractivity contribution in [3.05, 3.63) is 33.8 Å². The van der Waals surface area contributed by atoms with Gasteiger partial charge in [-0.1, -0.05) is 22.0 Å². The van der Waals surface area contributed by atoms with E-state index in [0.717, 1.165) is 25.5 Å². The van der Waals surface area contributed by atoms with Gasteiger partial charge in [0.1, 0.15) is 0 Å². The molecule has 1 aliphatic rings. The van der Waals surface area contributed by atoms with E-state index in [4.69, 9.17) is 0 Å². The van der Waals surface area contributed by atoms with E-state index in [0.29, 0.717) is 4.47 Å². The van der Waals surface area contributed by atoms with Gasteiger partial charge in [0.2, 0.25) is 5.91 Å². The van der Waals surface area contributed by atoms with E-state index in [1.807, 2.05) is 0 Å². The zero-order valence-electron chi connectivity index (χ0n) is 10.6. The molecule has 7 heteroatoms. The van der Waals surface area contributed by atoms with Crippen molar-refractivity contribution < 1.29 is 18.0 Å². The van der Waals surface area contributed by atoms with Crippen molar-refractivity contribution in [3.63, 3.8) is 0 Å². The first-order valence-electron chi connectivity index (χ1n) is 6.24. The number of nitrogens with one attached hydrogen (secondary N) is 2. The quantitative estimate of drug-likeness (QED) is 0.879. The lowest BCUT2D eigenvalue weighted by atomic mass is 10.1. The Labute approximate surface area is 123 Å². The number of benzene rings is 1. The number of carbonyl (C=O) groups excluding carboxylic acids is 1. The van der Waals surface area contributed by atoms with Gasteiger partial charge in [-0.3, -0.25) is 4.79 Å². The minimum Gasteiger partial charge on any atom is -0.351 e. The summed E-state index contributed by atoms with van der Waals surface area (Å²) in [5.74, 6) is -0.251. The molecule has 1 heterocycles. The Kier molecular flexibility index (Phi) is 4.70. The number of rotatable bonds is 3. The van der Waals surface area contributed by atoms with Gasteiger partial charge in [0, 0.05) is 11.0 Å². The van der Waals surface area contributed by atoms with E-state index in [-0.39, 0.29) is 24.1 Å². The van der Waals surface area contributed by atoms with Crippen LogP contribution in [0.3, 0.4) is 0 Å². The van der Waals surface area contributed by atoms with E-state index in [2.05, 4.69) is 26.6 Å². The van der Waals surface area contributed by atoms with Crippen molar-refractivity contribution in [1.82, 2.24) is 10.6 Å². The van der Waals surface area contributed by atoms with Crippen molar-refractivity contribution in [2.75, 3.05) is 6.54 Å². The number of hydrogen-bond donors (Lipinski definition) is 2. The average molecular weight is 351 g/mol. The van der Waals surface area contributed by atoms with E-state index in [1.165, 1.54) is 12.1 Å². The second-order valence-corrected chi connectivity index (χ2v) is 5.58. The minimum absolute atomic E-state index is 0.0621. The average Bonchev–Trinajstić information content (AvgIpc) is 2.89. The highest BCUT2D eigenvalue weighted by atomic mass is 79.9. The van der Waals surface area contributed by atoms with Crippen molar-refractivity contribution in [3.8, 4) is 0 Å². The third-order valence-corrected chi connectivity index (χ3v) is 3.70. The molecular weight excluding hydrogens is 337 g/mol. The monoisotopic (exact) mass is 350 g/mol. The molecule has 110 valence electrons. The third-order valence-electron chi connectivity index (χ3n) is 3.21. The molecule has 0 spiro atoms. The predicted molar refractivity (Wildman–Crippen MR) is 72.0 cm³/mol. The maximum Gasteiger partial charge on any atom is 0.416 e. The van der Waals surface area contributed by atoms with Crippen LogP contribution in [0.25, 0.3) is 0 Å². The summed E-state index contributed by atoms with van der Waals surface area (Å²) in [5, 5.41) is 5.56. The van der Waals surface area contributed by atoms with Crippen LogP contribution >= 0.6 is 15.9 Å². The van der Waals surface area contributed by atoms with Crippen LogP contribution in [0.15, 0.2) is 22.7 Å². The highest BCUT2D eigenvalue weighted by Gasteiger charge is 2.33. The normalized spacial score (nSPS) is 19.1. The fourth-order valence-corrected chi connectivity index (χ4v) is 2.54. The molecule has 1 aromatic carbocycles. The second-order valence-electron chi connectivity index (χ2n) is 4.67. The van der Waals surface area contributed by atoms with Crippen molar-refractivity contribution in [2.24, 2.45) is 0 Å². The van der Waals surface area contributed by atoms with Gasteiger partial charge in [0.25, 0.3) is 0 Å². The number of amides is 1. The lowest BCUT2D eigenvalue weighted by Crippen LogP contribution is -2.40. The fraction of sp³-hybridized carbons (Fsp3) is 0.462. The molecule has 20 heavy (non-hydrogen) atoms. The van der Waals surface area contributed by atoms with Crippen LogP contribution in [0.1, 0.15) is 24.0 Å². The zero-order chi connectivity index (χ0) is 14.8. The molecule has 1 aromatic rings. The standard InChI is InChI=1S/C13H14BrF3N2O/c14-9-4-3-8(10(6-9)13(15,16)17)7-19-12(20)11-2-1-5-18-11/h3-4,6,11,18H,1-2,5,7H2,(H,19,20). The highest BCUT2D eigenvalue weighted by Crippen LogP contribution is 2.33. The van der Waals surface area contributed by atoms with Crippen LogP contribution in [0, 0.1) is 0 Å². The highest BCUT2D eigenvalue weighted by molar-refractivity contribution is 9.10. The van der Waals surface area contributed by atoms with Crippen molar-refractivity contribution in [2.45, 2.75) is 31.6 Å². The van der Waals surface area contributed by atoms with Crippen LogP contribution in [0.4, 0.5) is 13.2 Å². The minimum atomic E-state index is -4.44. The first-order valence-corrected chi connectivity index (χ1v) is 7.04. The van der Waals surface area contributed by atoms with Crippen LogP contribution in [0.2, 0.25) is 0 Å². The molecule has 1 saturated heterocycles. The largest absolute Gasteiger partial charge is 0.416 e. The molecule has 0 radical (unpaired) electrons. The maximum absolute atomic E-state index is 12.9. The van der Waals surface area contributed by atoms with E-state index >= 15 is 0 Å². The molecule has 0 bridgehead atoms. The summed E-state index contributed by atoms with van der Waals surface area (Å²) in [6.07, 6.45) is -2.81. The predicted octanol–water partition coefficient (Wildman–Crippen LogP) is 2.84. The Morgan fingerprint density at radius 2 is 2.20 bits per heavy atom. The van der Waals surface area contributed by atoms with Crippen LogP contribution in [0.5, 0.6) is 0 Å². The van der Waals surface area contributed by atoms with Crippen LogP contribution in [-0.2, 0) is 17.5 Å². The topological polar surface area (TPSA) is 41.1 Å². The van der Waals surface area contributed by atoms with Gasteiger partial charge < -0.3 is 10.6 Å².